The van der Waals surface area contributed by atoms with Gasteiger partial charge in [-0.05, 0) is 77.0 Å². The van der Waals surface area contributed by atoms with Crippen molar-refractivity contribution in [1.82, 2.24) is 0 Å². The predicted molar refractivity (Wildman–Crippen MR) is 233 cm³/mol. The van der Waals surface area contributed by atoms with Crippen LogP contribution in [0.4, 0.5) is 0 Å². The summed E-state index contributed by atoms with van der Waals surface area (Å²) in [6.45, 7) is 2.24. The van der Waals surface area contributed by atoms with Gasteiger partial charge in [0, 0.05) is 12.8 Å². The summed E-state index contributed by atoms with van der Waals surface area (Å²) in [7, 11) is -4.64. The summed E-state index contributed by atoms with van der Waals surface area (Å²) in [4.78, 5) is 34.9. The maximum Gasteiger partial charge on any atom is 0.472 e. The number of aliphatic hydroxyl groups excluding tert-OH is 2. The van der Waals surface area contributed by atoms with Crippen molar-refractivity contribution in [3.8, 4) is 0 Å². The van der Waals surface area contributed by atoms with E-state index in [1.165, 1.54) is 77.0 Å². The van der Waals surface area contributed by atoms with Crippen LogP contribution in [0.3, 0.4) is 0 Å². The lowest BCUT2D eigenvalue weighted by molar-refractivity contribution is -0.161. The molecule has 3 N–H and O–H groups in total. The molecule has 0 spiro atoms. The third-order valence-corrected chi connectivity index (χ3v) is 9.80. The molecule has 0 aromatic rings. The number of aliphatic hydroxyl groups is 2. The highest BCUT2D eigenvalue weighted by Crippen LogP contribution is 2.43. The number of phosphoric ester groups is 1. The Morgan fingerprint density at radius 2 is 0.947 bits per heavy atom. The molecule has 57 heavy (non-hydrogen) atoms. The highest BCUT2D eigenvalue weighted by Gasteiger charge is 2.27. The van der Waals surface area contributed by atoms with Crippen molar-refractivity contribution in [2.24, 2.45) is 0 Å². The summed E-state index contributed by atoms with van der Waals surface area (Å²) in [5.74, 6) is -1.03. The van der Waals surface area contributed by atoms with E-state index in [4.69, 9.17) is 19.1 Å². The quantitative estimate of drug-likeness (QED) is 0.0236. The van der Waals surface area contributed by atoms with Crippen LogP contribution in [0.25, 0.3) is 0 Å². The minimum absolute atomic E-state index is 0.114. The summed E-state index contributed by atoms with van der Waals surface area (Å²) in [6, 6.07) is 0. The molecule has 0 fully saturated rings. The van der Waals surface area contributed by atoms with Crippen LogP contribution in [0.5, 0.6) is 0 Å². The molecule has 0 saturated carbocycles. The van der Waals surface area contributed by atoms with E-state index in [1.54, 1.807) is 0 Å². The summed E-state index contributed by atoms with van der Waals surface area (Å²) < 4.78 is 32.6. The molecular formula is C46H79O10P. The van der Waals surface area contributed by atoms with Gasteiger partial charge in [0.2, 0.25) is 0 Å². The predicted octanol–water partition coefficient (Wildman–Crippen LogP) is 11.7. The molecule has 0 rings (SSSR count). The van der Waals surface area contributed by atoms with Gasteiger partial charge in [0.1, 0.15) is 12.7 Å². The number of unbranched alkanes of at least 4 members (excludes halogenated alkanes) is 14. The van der Waals surface area contributed by atoms with Crippen LogP contribution in [0, 0.1) is 0 Å². The molecule has 1 unspecified atom stereocenters. The molecule has 0 aromatic carbocycles. The lowest BCUT2D eigenvalue weighted by Gasteiger charge is -2.20. The monoisotopic (exact) mass is 823 g/mol. The van der Waals surface area contributed by atoms with E-state index < -0.39 is 51.8 Å². The van der Waals surface area contributed by atoms with Crippen LogP contribution in [-0.4, -0.2) is 65.7 Å². The van der Waals surface area contributed by atoms with Crippen molar-refractivity contribution in [3.05, 3.63) is 72.9 Å². The Morgan fingerprint density at radius 3 is 1.49 bits per heavy atom. The van der Waals surface area contributed by atoms with Crippen molar-refractivity contribution in [3.63, 3.8) is 0 Å². The van der Waals surface area contributed by atoms with Gasteiger partial charge in [0.15, 0.2) is 6.10 Å². The maximum atomic E-state index is 12.6. The van der Waals surface area contributed by atoms with E-state index in [0.29, 0.717) is 12.8 Å². The number of rotatable bonds is 40. The average molecular weight is 823 g/mol. The largest absolute Gasteiger partial charge is 0.472 e. The zero-order chi connectivity index (χ0) is 41.9. The summed E-state index contributed by atoms with van der Waals surface area (Å²) in [5, 5.41) is 18.3. The van der Waals surface area contributed by atoms with E-state index in [2.05, 4.69) is 79.1 Å². The SMILES string of the molecule is CCCCC/C=C/C/C=C/C/C=C/C/C=C/C/C=C/CCC(=O)OC[C@H](COP(=O)(O)OC[C@@H](O)CO)OC(=O)CCCCCCCCC/C=C/CCCCCC. The van der Waals surface area contributed by atoms with Crippen molar-refractivity contribution >= 4 is 19.8 Å². The van der Waals surface area contributed by atoms with Gasteiger partial charge in [-0.3, -0.25) is 18.6 Å². The fourth-order valence-corrected chi connectivity index (χ4v) is 6.23. The van der Waals surface area contributed by atoms with Crippen molar-refractivity contribution in [1.29, 1.82) is 0 Å². The van der Waals surface area contributed by atoms with Gasteiger partial charge < -0.3 is 24.6 Å². The van der Waals surface area contributed by atoms with Crippen LogP contribution >= 0.6 is 7.82 Å². The molecule has 10 nitrogen and oxygen atoms in total. The normalized spacial score (nSPS) is 14.5. The Morgan fingerprint density at radius 1 is 0.526 bits per heavy atom. The third-order valence-electron chi connectivity index (χ3n) is 8.85. The van der Waals surface area contributed by atoms with Crippen LogP contribution in [0.2, 0.25) is 0 Å². The van der Waals surface area contributed by atoms with Gasteiger partial charge in [-0.25, -0.2) is 4.57 Å². The Balaban J connectivity index is 4.43. The minimum atomic E-state index is -4.64. The van der Waals surface area contributed by atoms with Gasteiger partial charge in [-0.1, -0.05) is 151 Å². The smallest absolute Gasteiger partial charge is 0.462 e. The van der Waals surface area contributed by atoms with Crippen LogP contribution in [0.15, 0.2) is 72.9 Å². The number of hydrogen-bond donors (Lipinski definition) is 3. The van der Waals surface area contributed by atoms with E-state index in [9.17, 15) is 24.2 Å². The van der Waals surface area contributed by atoms with Crippen molar-refractivity contribution in [2.45, 2.75) is 180 Å². The fourth-order valence-electron chi connectivity index (χ4n) is 5.44. The number of carbonyl (C=O) groups excluding carboxylic acids is 2. The molecule has 3 atom stereocenters. The first-order valence-corrected chi connectivity index (χ1v) is 23.4. The second kappa shape index (κ2) is 41.6. The summed E-state index contributed by atoms with van der Waals surface area (Å²) in [6.07, 6.45) is 47.3. The number of ether oxygens (including phenoxy) is 2. The van der Waals surface area contributed by atoms with E-state index in [-0.39, 0.29) is 19.4 Å². The Bertz CT molecular complexity index is 1180. The average Bonchev–Trinajstić information content (AvgIpc) is 3.20. The third kappa shape index (κ3) is 41.4. The molecule has 0 aliphatic heterocycles. The van der Waals surface area contributed by atoms with Crippen molar-refractivity contribution < 1.29 is 47.8 Å². The number of carbonyl (C=O) groups is 2. The molecule has 0 heterocycles. The molecule has 0 bridgehead atoms. The summed E-state index contributed by atoms with van der Waals surface area (Å²) >= 11 is 0. The van der Waals surface area contributed by atoms with E-state index in [1.807, 2.05) is 12.2 Å². The Labute approximate surface area is 346 Å². The maximum absolute atomic E-state index is 12.6. The van der Waals surface area contributed by atoms with Gasteiger partial charge in [0.05, 0.1) is 19.8 Å². The number of phosphoric acid groups is 1. The number of allylic oxidation sites excluding steroid dienone is 12. The topological polar surface area (TPSA) is 149 Å². The second-order valence-electron chi connectivity index (χ2n) is 14.4. The lowest BCUT2D eigenvalue weighted by Crippen LogP contribution is -2.29. The number of esters is 2. The Kier molecular flexibility index (Phi) is 39.7. The lowest BCUT2D eigenvalue weighted by atomic mass is 10.1. The van der Waals surface area contributed by atoms with E-state index in [0.717, 1.165) is 51.4 Å². The van der Waals surface area contributed by atoms with Crippen LogP contribution < -0.4 is 0 Å². The Hall–Kier alpha value is -2.59. The first-order chi connectivity index (χ1) is 27.7. The van der Waals surface area contributed by atoms with Crippen LogP contribution in [-0.2, 0) is 32.7 Å². The highest BCUT2D eigenvalue weighted by atomic mass is 31.2. The van der Waals surface area contributed by atoms with E-state index >= 15 is 0 Å². The highest BCUT2D eigenvalue weighted by molar-refractivity contribution is 7.47. The molecule has 11 heteroatoms. The zero-order valence-electron chi connectivity index (χ0n) is 35.5. The van der Waals surface area contributed by atoms with Crippen LogP contribution in [0.1, 0.15) is 168 Å². The molecule has 0 aromatic heterocycles. The minimum Gasteiger partial charge on any atom is -0.462 e. The molecule has 0 aliphatic carbocycles. The molecule has 0 aliphatic rings. The van der Waals surface area contributed by atoms with Gasteiger partial charge >= 0.3 is 19.8 Å². The zero-order valence-corrected chi connectivity index (χ0v) is 36.4. The molecule has 0 amide bonds. The second-order valence-corrected chi connectivity index (χ2v) is 15.8. The standard InChI is InChI=1S/C46H79O10P/c1-3-5-7-9-11-13-15-17-19-20-21-22-24-25-27-29-31-33-35-37-45(49)53-41-44(42-55-57(51,52)54-40-43(48)39-47)56-46(50)38-36-34-32-30-28-26-23-18-16-14-12-10-8-6-4-2/h11,13-14,16-17,19,21-22,25,27,31,33,43-44,47-48H,3-10,12,15,18,20,23-24,26,28-30,32,34-42H2,1-2H3,(H,51,52)/b13-11+,16-14+,19-17+,22-21+,27-25+,33-31+/t43-,44+/m0/s1. The molecular weight excluding hydrogens is 743 g/mol. The first-order valence-electron chi connectivity index (χ1n) is 21.9. The fraction of sp³-hybridized carbons (Fsp3) is 0.696. The number of hydrogen-bond acceptors (Lipinski definition) is 9. The molecule has 328 valence electrons. The molecule has 0 radical (unpaired) electrons. The molecule has 0 saturated heterocycles. The van der Waals surface area contributed by atoms with Crippen molar-refractivity contribution in [2.75, 3.05) is 26.4 Å². The summed E-state index contributed by atoms with van der Waals surface area (Å²) in [5.41, 5.74) is 0. The van der Waals surface area contributed by atoms with Gasteiger partial charge in [-0.2, -0.15) is 0 Å². The first kappa shape index (κ1) is 54.4. The van der Waals surface area contributed by atoms with Gasteiger partial charge in [-0.15, -0.1) is 0 Å². The van der Waals surface area contributed by atoms with Gasteiger partial charge in [0.25, 0.3) is 0 Å².